The highest BCUT2D eigenvalue weighted by molar-refractivity contribution is 7.98. The Labute approximate surface area is 93.8 Å². The zero-order chi connectivity index (χ0) is 10.6. The van der Waals surface area contributed by atoms with E-state index in [1.165, 1.54) is 0 Å². The number of aryl methyl sites for hydroxylation is 1. The quantitative estimate of drug-likeness (QED) is 0.446. The van der Waals surface area contributed by atoms with E-state index in [4.69, 9.17) is 11.6 Å². The molecule has 14 heavy (non-hydrogen) atoms. The van der Waals surface area contributed by atoms with Gasteiger partial charge in [0.2, 0.25) is 0 Å². The summed E-state index contributed by atoms with van der Waals surface area (Å²) in [5, 5.41) is 0. The van der Waals surface area contributed by atoms with Crippen molar-refractivity contribution in [2.45, 2.75) is 18.2 Å². The molecule has 0 unspecified atom stereocenters. The van der Waals surface area contributed by atoms with Crippen molar-refractivity contribution in [3.05, 3.63) is 29.3 Å². The highest BCUT2D eigenvalue weighted by Gasteiger charge is 2.10. The summed E-state index contributed by atoms with van der Waals surface area (Å²) in [6, 6.07) is 5.94. The number of alkyl halides is 1. The van der Waals surface area contributed by atoms with Gasteiger partial charge < -0.3 is 0 Å². The molecule has 1 rings (SSSR count). The first-order valence-electron chi connectivity index (χ1n) is 4.43. The minimum absolute atomic E-state index is 0.132. The number of benzene rings is 1. The molecule has 3 heteroatoms. The van der Waals surface area contributed by atoms with E-state index in [9.17, 15) is 4.79 Å². The van der Waals surface area contributed by atoms with E-state index in [1.807, 2.05) is 31.4 Å². The topological polar surface area (TPSA) is 17.1 Å². The number of carbonyl (C=O) groups excluding carboxylic acids is 1. The van der Waals surface area contributed by atoms with Crippen LogP contribution in [-0.2, 0) is 0 Å². The van der Waals surface area contributed by atoms with Gasteiger partial charge in [-0.05, 0) is 25.3 Å². The summed E-state index contributed by atoms with van der Waals surface area (Å²) in [5.41, 5.74) is 1.92. The molecule has 0 aliphatic carbocycles. The Morgan fingerprint density at radius 2 is 2.21 bits per heavy atom. The molecule has 0 saturated carbocycles. The van der Waals surface area contributed by atoms with Crippen LogP contribution in [0.5, 0.6) is 0 Å². The molecule has 0 aromatic heterocycles. The van der Waals surface area contributed by atoms with Gasteiger partial charge in [-0.15, -0.1) is 23.4 Å². The minimum atomic E-state index is 0.132. The SMILES string of the molecule is CSc1ccc(C)cc1C(=O)CCCl. The van der Waals surface area contributed by atoms with E-state index in [1.54, 1.807) is 11.8 Å². The average molecular weight is 229 g/mol. The van der Waals surface area contributed by atoms with Crippen molar-refractivity contribution in [2.75, 3.05) is 12.1 Å². The Hall–Kier alpha value is -0.470. The molecule has 1 nitrogen and oxygen atoms in total. The van der Waals surface area contributed by atoms with Crippen molar-refractivity contribution in [2.24, 2.45) is 0 Å². The second kappa shape index (κ2) is 5.42. The molecular formula is C11H13ClOS. The van der Waals surface area contributed by atoms with Crippen LogP contribution in [0.1, 0.15) is 22.3 Å². The van der Waals surface area contributed by atoms with Crippen molar-refractivity contribution in [1.82, 2.24) is 0 Å². The van der Waals surface area contributed by atoms with E-state index >= 15 is 0 Å². The molecular weight excluding hydrogens is 216 g/mol. The predicted molar refractivity (Wildman–Crippen MR) is 62.6 cm³/mol. The Morgan fingerprint density at radius 3 is 2.79 bits per heavy atom. The van der Waals surface area contributed by atoms with Gasteiger partial charge in [-0.2, -0.15) is 0 Å². The Bertz CT molecular complexity index is 336. The second-order valence-corrected chi connectivity index (χ2v) is 4.29. The molecule has 0 heterocycles. The molecule has 1 aromatic carbocycles. The first-order chi connectivity index (χ1) is 6.69. The fourth-order valence-electron chi connectivity index (χ4n) is 1.26. The highest BCUT2D eigenvalue weighted by Crippen LogP contribution is 2.22. The van der Waals surface area contributed by atoms with Crippen LogP contribution in [-0.4, -0.2) is 17.9 Å². The fourth-order valence-corrected chi connectivity index (χ4v) is 2.03. The first kappa shape index (κ1) is 11.6. The standard InChI is InChI=1S/C11H13ClOS/c1-8-3-4-11(14-2)9(7-8)10(13)5-6-12/h3-4,7H,5-6H2,1-2H3. The minimum Gasteiger partial charge on any atom is -0.294 e. The van der Waals surface area contributed by atoms with Crippen LogP contribution >= 0.6 is 23.4 Å². The molecule has 0 atom stereocenters. The largest absolute Gasteiger partial charge is 0.294 e. The number of hydrogen-bond acceptors (Lipinski definition) is 2. The maximum Gasteiger partial charge on any atom is 0.165 e. The van der Waals surface area contributed by atoms with Gasteiger partial charge in [0.1, 0.15) is 0 Å². The Kier molecular flexibility index (Phi) is 4.49. The smallest absolute Gasteiger partial charge is 0.165 e. The van der Waals surface area contributed by atoms with E-state index in [0.717, 1.165) is 16.0 Å². The molecule has 0 fully saturated rings. The summed E-state index contributed by atoms with van der Waals surface area (Å²) in [6.45, 7) is 1.99. The number of rotatable bonds is 4. The lowest BCUT2D eigenvalue weighted by Crippen LogP contribution is -2.02. The lowest BCUT2D eigenvalue weighted by Gasteiger charge is -2.06. The number of hydrogen-bond donors (Lipinski definition) is 0. The lowest BCUT2D eigenvalue weighted by atomic mass is 10.1. The molecule has 0 bridgehead atoms. The number of Topliss-reactive ketones (excluding diaryl/α,β-unsaturated/α-hetero) is 1. The van der Waals surface area contributed by atoms with Gasteiger partial charge >= 0.3 is 0 Å². The zero-order valence-corrected chi connectivity index (χ0v) is 9.91. The summed E-state index contributed by atoms with van der Waals surface area (Å²) in [5.74, 6) is 0.522. The summed E-state index contributed by atoms with van der Waals surface area (Å²) >= 11 is 7.15. The number of thioether (sulfide) groups is 1. The van der Waals surface area contributed by atoms with Crippen molar-refractivity contribution in [3.8, 4) is 0 Å². The van der Waals surface area contributed by atoms with Crippen LogP contribution in [0.3, 0.4) is 0 Å². The third-order valence-electron chi connectivity index (χ3n) is 1.98. The van der Waals surface area contributed by atoms with E-state index in [2.05, 4.69) is 0 Å². The van der Waals surface area contributed by atoms with Crippen molar-refractivity contribution in [3.63, 3.8) is 0 Å². The van der Waals surface area contributed by atoms with Gasteiger partial charge in [-0.1, -0.05) is 11.6 Å². The second-order valence-electron chi connectivity index (χ2n) is 3.07. The van der Waals surface area contributed by atoms with Gasteiger partial charge in [-0.25, -0.2) is 0 Å². The molecule has 1 aromatic rings. The molecule has 0 radical (unpaired) electrons. The van der Waals surface area contributed by atoms with E-state index in [-0.39, 0.29) is 5.78 Å². The van der Waals surface area contributed by atoms with Crippen molar-refractivity contribution >= 4 is 29.1 Å². The lowest BCUT2D eigenvalue weighted by molar-refractivity contribution is 0.0986. The van der Waals surface area contributed by atoms with Crippen LogP contribution in [0.2, 0.25) is 0 Å². The van der Waals surface area contributed by atoms with Crippen LogP contribution in [0.15, 0.2) is 23.1 Å². The number of ketones is 1. The van der Waals surface area contributed by atoms with Gasteiger partial charge in [-0.3, -0.25) is 4.79 Å². The van der Waals surface area contributed by atoms with Crippen molar-refractivity contribution < 1.29 is 4.79 Å². The molecule has 0 N–H and O–H groups in total. The normalized spacial score (nSPS) is 10.2. The zero-order valence-electron chi connectivity index (χ0n) is 8.34. The number of carbonyl (C=O) groups is 1. The van der Waals surface area contributed by atoms with Gasteiger partial charge in [0.15, 0.2) is 5.78 Å². The Morgan fingerprint density at radius 1 is 1.50 bits per heavy atom. The predicted octanol–water partition coefficient (Wildman–Crippen LogP) is 3.53. The van der Waals surface area contributed by atoms with E-state index < -0.39 is 0 Å². The maximum absolute atomic E-state index is 11.7. The monoisotopic (exact) mass is 228 g/mol. The molecule has 0 spiro atoms. The first-order valence-corrected chi connectivity index (χ1v) is 6.18. The maximum atomic E-state index is 11.7. The number of halogens is 1. The van der Waals surface area contributed by atoms with E-state index in [0.29, 0.717) is 12.3 Å². The van der Waals surface area contributed by atoms with Crippen LogP contribution in [0.25, 0.3) is 0 Å². The van der Waals surface area contributed by atoms with Gasteiger partial charge in [0.05, 0.1) is 0 Å². The Balaban J connectivity index is 3.03. The molecule has 0 saturated heterocycles. The third-order valence-corrected chi connectivity index (χ3v) is 2.96. The van der Waals surface area contributed by atoms with Crippen LogP contribution < -0.4 is 0 Å². The summed E-state index contributed by atoms with van der Waals surface area (Å²) < 4.78 is 0. The fraction of sp³-hybridized carbons (Fsp3) is 0.364. The highest BCUT2D eigenvalue weighted by atomic mass is 35.5. The summed E-state index contributed by atoms with van der Waals surface area (Å²) in [4.78, 5) is 12.7. The molecule has 0 amide bonds. The summed E-state index contributed by atoms with van der Waals surface area (Å²) in [7, 11) is 0. The molecule has 0 aliphatic heterocycles. The third kappa shape index (κ3) is 2.76. The van der Waals surface area contributed by atoms with Gasteiger partial charge in [0, 0.05) is 22.8 Å². The molecule has 76 valence electrons. The summed E-state index contributed by atoms with van der Waals surface area (Å²) in [6.07, 6.45) is 2.39. The van der Waals surface area contributed by atoms with Crippen molar-refractivity contribution in [1.29, 1.82) is 0 Å². The van der Waals surface area contributed by atoms with Crippen LogP contribution in [0, 0.1) is 6.92 Å². The molecule has 0 aliphatic rings. The average Bonchev–Trinajstić information content (AvgIpc) is 2.18. The van der Waals surface area contributed by atoms with Gasteiger partial charge in [0.25, 0.3) is 0 Å². The van der Waals surface area contributed by atoms with Crippen LogP contribution in [0.4, 0.5) is 0 Å².